The second kappa shape index (κ2) is 10.6. The monoisotopic (exact) mass is 599 g/mol. The summed E-state index contributed by atoms with van der Waals surface area (Å²) in [5, 5.41) is 13.4. The van der Waals surface area contributed by atoms with Crippen molar-refractivity contribution in [3.63, 3.8) is 0 Å². The van der Waals surface area contributed by atoms with Crippen LogP contribution in [0.15, 0.2) is 36.9 Å². The number of likely N-dealkylation sites (tertiary alicyclic amines) is 1. The van der Waals surface area contributed by atoms with Crippen LogP contribution in [0.25, 0.3) is 17.1 Å². The highest BCUT2D eigenvalue weighted by atomic mass is 35.5. The Hall–Kier alpha value is -2.78. The van der Waals surface area contributed by atoms with Gasteiger partial charge in [0, 0.05) is 51.2 Å². The van der Waals surface area contributed by atoms with E-state index in [-0.39, 0.29) is 23.4 Å². The molecule has 0 spiro atoms. The van der Waals surface area contributed by atoms with Crippen molar-refractivity contribution in [2.75, 3.05) is 37.8 Å². The van der Waals surface area contributed by atoms with Crippen molar-refractivity contribution in [1.29, 1.82) is 0 Å². The van der Waals surface area contributed by atoms with E-state index < -0.39 is 27.4 Å². The number of anilines is 1. The summed E-state index contributed by atoms with van der Waals surface area (Å²) in [5.74, 6) is 0.00251. The molecule has 3 aromatic rings. The van der Waals surface area contributed by atoms with Gasteiger partial charge in [0.05, 0.1) is 22.6 Å². The van der Waals surface area contributed by atoms with Gasteiger partial charge in [-0.1, -0.05) is 17.7 Å². The van der Waals surface area contributed by atoms with E-state index >= 15 is 0 Å². The number of alkyl halides is 3. The lowest BCUT2D eigenvalue weighted by Crippen LogP contribution is -2.59. The number of rotatable bonds is 7. The molecule has 2 aromatic heterocycles. The summed E-state index contributed by atoms with van der Waals surface area (Å²) in [7, 11) is -3.30. The molecular formula is C25H29ClF3N7O3S. The summed E-state index contributed by atoms with van der Waals surface area (Å²) >= 11 is 6.52. The normalized spacial score (nSPS) is 19.0. The zero-order chi connectivity index (χ0) is 28.9. The first-order chi connectivity index (χ1) is 18.7. The molecule has 2 fully saturated rings. The largest absolute Gasteiger partial charge is 0.420 e. The van der Waals surface area contributed by atoms with E-state index in [0.717, 1.165) is 18.0 Å². The number of nitrogens with one attached hydrogen (secondary N) is 1. The molecule has 0 unspecified atom stereocenters. The van der Waals surface area contributed by atoms with Crippen molar-refractivity contribution in [1.82, 2.24) is 28.7 Å². The molecular weight excluding hydrogens is 571 g/mol. The van der Waals surface area contributed by atoms with Crippen LogP contribution in [0.5, 0.6) is 0 Å². The fraction of sp³-hybridized carbons (Fsp3) is 0.480. The van der Waals surface area contributed by atoms with Gasteiger partial charge < -0.3 is 15.0 Å². The molecule has 0 saturated carbocycles. The number of piperidine rings is 1. The van der Waals surface area contributed by atoms with Crippen LogP contribution in [0.4, 0.5) is 19.1 Å². The van der Waals surface area contributed by atoms with Crippen molar-refractivity contribution in [2.45, 2.75) is 44.1 Å². The molecule has 2 N–H and O–H groups in total. The van der Waals surface area contributed by atoms with Crippen LogP contribution in [0, 0.1) is 0 Å². The molecule has 40 heavy (non-hydrogen) atoms. The van der Waals surface area contributed by atoms with Crippen molar-refractivity contribution in [2.24, 2.45) is 0 Å². The molecule has 216 valence electrons. The van der Waals surface area contributed by atoms with E-state index in [1.807, 2.05) is 6.07 Å². The number of hydrogen-bond donors (Lipinski definition) is 2. The highest BCUT2D eigenvalue weighted by molar-refractivity contribution is 7.88. The number of aliphatic hydroxyl groups is 1. The first-order valence-electron chi connectivity index (χ1n) is 12.6. The topological polar surface area (TPSA) is 116 Å². The Labute approximate surface area is 234 Å². The van der Waals surface area contributed by atoms with Crippen LogP contribution in [0.2, 0.25) is 5.02 Å². The Kier molecular flexibility index (Phi) is 7.59. The van der Waals surface area contributed by atoms with Gasteiger partial charge in [0.1, 0.15) is 23.3 Å². The SMILES string of the molecule is CC1(O)CN(Cc2ccc(-n3cnc(-c4nc(NC5CCN(S(C)(=O)=O)CC5)ncc4C(F)(F)F)c3)c(Cl)c2)C1. The first-order valence-corrected chi connectivity index (χ1v) is 14.8. The smallest absolute Gasteiger partial charge is 0.388 e. The second-order valence-electron chi connectivity index (χ2n) is 10.6. The van der Waals surface area contributed by atoms with Crippen LogP contribution in [0.3, 0.4) is 0 Å². The zero-order valence-corrected chi connectivity index (χ0v) is 23.4. The van der Waals surface area contributed by atoms with Gasteiger partial charge >= 0.3 is 6.18 Å². The molecule has 2 aliphatic heterocycles. The van der Waals surface area contributed by atoms with Crippen LogP contribution in [-0.2, 0) is 22.7 Å². The zero-order valence-electron chi connectivity index (χ0n) is 21.9. The molecule has 10 nitrogen and oxygen atoms in total. The Balaban J connectivity index is 1.35. The van der Waals surface area contributed by atoms with E-state index in [2.05, 4.69) is 25.2 Å². The molecule has 0 aliphatic carbocycles. The third-order valence-electron chi connectivity index (χ3n) is 7.00. The summed E-state index contributed by atoms with van der Waals surface area (Å²) in [6.45, 7) is 4.12. The number of imidazole rings is 1. The van der Waals surface area contributed by atoms with Gasteiger partial charge in [-0.2, -0.15) is 13.2 Å². The second-order valence-corrected chi connectivity index (χ2v) is 13.0. The fourth-order valence-electron chi connectivity index (χ4n) is 5.09. The minimum atomic E-state index is -4.71. The predicted molar refractivity (Wildman–Crippen MR) is 144 cm³/mol. The highest BCUT2D eigenvalue weighted by Crippen LogP contribution is 2.36. The summed E-state index contributed by atoms with van der Waals surface area (Å²) in [6, 6.07) is 5.23. The van der Waals surface area contributed by atoms with Crippen LogP contribution in [-0.4, -0.2) is 86.3 Å². The van der Waals surface area contributed by atoms with Gasteiger partial charge in [-0.25, -0.2) is 27.7 Å². The summed E-state index contributed by atoms with van der Waals surface area (Å²) in [6.07, 6.45) is 0.897. The Bertz CT molecular complexity index is 1500. The number of nitrogens with zero attached hydrogens (tertiary/aromatic N) is 6. The number of sulfonamides is 1. The Morgan fingerprint density at radius 1 is 1.20 bits per heavy atom. The molecule has 5 rings (SSSR count). The standard InChI is InChI=1S/C25H29ClF3N7O3S/c1-24(37)13-34(14-24)11-16-3-4-21(19(26)9-16)35-12-20(31-15-35)22-18(25(27,28)29)10-30-23(33-22)32-17-5-7-36(8-6-17)40(2,38)39/h3-4,9-10,12,15,17,37H,5-8,11,13-14H2,1-2H3,(H,30,32,33). The summed E-state index contributed by atoms with van der Waals surface area (Å²) in [4.78, 5) is 14.3. The maximum atomic E-state index is 13.9. The molecule has 15 heteroatoms. The van der Waals surface area contributed by atoms with Crippen molar-refractivity contribution < 1.29 is 26.7 Å². The summed E-state index contributed by atoms with van der Waals surface area (Å²) in [5.41, 5.74) is -0.612. The van der Waals surface area contributed by atoms with Gasteiger partial charge in [0.25, 0.3) is 0 Å². The fourth-order valence-corrected chi connectivity index (χ4v) is 6.27. The van der Waals surface area contributed by atoms with E-state index in [0.29, 0.717) is 56.3 Å². The van der Waals surface area contributed by atoms with E-state index in [1.165, 1.54) is 21.4 Å². The highest BCUT2D eigenvalue weighted by Gasteiger charge is 2.37. The number of hydrogen-bond acceptors (Lipinski definition) is 8. The van der Waals surface area contributed by atoms with Crippen molar-refractivity contribution >= 4 is 27.6 Å². The van der Waals surface area contributed by atoms with Crippen molar-refractivity contribution in [3.05, 3.63) is 53.1 Å². The van der Waals surface area contributed by atoms with Crippen LogP contribution < -0.4 is 5.32 Å². The maximum Gasteiger partial charge on any atom is 0.420 e. The van der Waals surface area contributed by atoms with Gasteiger partial charge in [-0.15, -0.1) is 0 Å². The first kappa shape index (κ1) is 28.7. The third kappa shape index (κ3) is 6.41. The quantitative estimate of drug-likeness (QED) is 0.425. The average Bonchev–Trinajstić information content (AvgIpc) is 3.32. The number of β-amino-alcohol motifs (C(OH)–C–C–N with tert-alkyl or cyclic N) is 1. The predicted octanol–water partition coefficient (Wildman–Crippen LogP) is 3.40. The number of aromatic nitrogens is 4. The molecule has 1 aromatic carbocycles. The number of benzene rings is 1. The molecule has 0 radical (unpaired) electrons. The molecule has 0 amide bonds. The van der Waals surface area contributed by atoms with E-state index in [9.17, 15) is 26.7 Å². The Morgan fingerprint density at radius 2 is 1.90 bits per heavy atom. The molecule has 4 heterocycles. The molecule has 0 bridgehead atoms. The minimum absolute atomic E-state index is 0.00251. The van der Waals surface area contributed by atoms with Gasteiger partial charge in [0.2, 0.25) is 16.0 Å². The van der Waals surface area contributed by atoms with Gasteiger partial charge in [-0.05, 0) is 37.5 Å². The molecule has 2 aliphatic rings. The van der Waals surface area contributed by atoms with Gasteiger partial charge in [-0.3, -0.25) is 4.90 Å². The third-order valence-corrected chi connectivity index (χ3v) is 8.61. The maximum absolute atomic E-state index is 13.9. The lowest BCUT2D eigenvalue weighted by Gasteiger charge is -2.44. The lowest BCUT2D eigenvalue weighted by atomic mass is 9.96. The average molecular weight is 600 g/mol. The lowest BCUT2D eigenvalue weighted by molar-refractivity contribution is -0.137. The summed E-state index contributed by atoms with van der Waals surface area (Å²) < 4.78 is 68.0. The Morgan fingerprint density at radius 3 is 2.50 bits per heavy atom. The molecule has 0 atom stereocenters. The van der Waals surface area contributed by atoms with E-state index in [4.69, 9.17) is 11.6 Å². The number of halogens is 4. The van der Waals surface area contributed by atoms with Crippen LogP contribution >= 0.6 is 11.6 Å². The minimum Gasteiger partial charge on any atom is -0.388 e. The van der Waals surface area contributed by atoms with Crippen molar-refractivity contribution in [3.8, 4) is 17.1 Å². The van der Waals surface area contributed by atoms with E-state index in [1.54, 1.807) is 19.1 Å². The van der Waals surface area contributed by atoms with Crippen LogP contribution in [0.1, 0.15) is 30.9 Å². The molecule has 2 saturated heterocycles. The van der Waals surface area contributed by atoms with Gasteiger partial charge in [0.15, 0.2) is 0 Å².